The second-order valence-corrected chi connectivity index (χ2v) is 5.52. The van der Waals surface area contributed by atoms with Crippen molar-refractivity contribution in [2.45, 2.75) is 12.5 Å². The molecule has 0 radical (unpaired) electrons. The number of carbonyl (C=O) groups is 1. The maximum Gasteiger partial charge on any atom is 0.254 e. The Morgan fingerprint density at radius 3 is 2.95 bits per heavy atom. The zero-order chi connectivity index (χ0) is 14.8. The number of likely N-dealkylation sites (tertiary alicyclic amines) is 1. The first-order valence-electron chi connectivity index (χ1n) is 7.07. The fraction of sp³-hybridized carbons (Fsp3) is 0.400. The summed E-state index contributed by atoms with van der Waals surface area (Å²) < 4.78 is 1.84. The van der Waals surface area contributed by atoms with Gasteiger partial charge in [-0.05, 0) is 24.6 Å². The lowest BCUT2D eigenvalue weighted by molar-refractivity contribution is 0.0787. The molecule has 2 aromatic rings. The average Bonchev–Trinajstić information content (AvgIpc) is 3.17. The first kappa shape index (κ1) is 13.6. The summed E-state index contributed by atoms with van der Waals surface area (Å²) >= 11 is 0. The number of amides is 1. The standard InChI is InChI=1S/C15H19N5O/c1-18(2)13-5-3-4-12(10-13)15(21)19-8-6-14(11-19)20-9-7-16-17-20/h3-5,7,9-10,14H,6,8,11H2,1-2H3/t14-/m1/s1. The summed E-state index contributed by atoms with van der Waals surface area (Å²) in [6.45, 7) is 1.45. The van der Waals surface area contributed by atoms with Gasteiger partial charge in [-0.15, -0.1) is 5.10 Å². The van der Waals surface area contributed by atoms with Crippen LogP contribution in [0.1, 0.15) is 22.8 Å². The average molecular weight is 285 g/mol. The van der Waals surface area contributed by atoms with E-state index in [4.69, 9.17) is 0 Å². The molecule has 0 N–H and O–H groups in total. The van der Waals surface area contributed by atoms with Gasteiger partial charge in [0, 0.05) is 44.6 Å². The molecule has 1 aliphatic rings. The summed E-state index contributed by atoms with van der Waals surface area (Å²) in [6.07, 6.45) is 4.44. The highest BCUT2D eigenvalue weighted by molar-refractivity contribution is 5.95. The van der Waals surface area contributed by atoms with E-state index in [0.29, 0.717) is 6.54 Å². The van der Waals surface area contributed by atoms with Crippen molar-refractivity contribution in [3.63, 3.8) is 0 Å². The van der Waals surface area contributed by atoms with Crippen molar-refractivity contribution in [3.8, 4) is 0 Å². The summed E-state index contributed by atoms with van der Waals surface area (Å²) in [5.41, 5.74) is 1.77. The molecule has 1 atom stereocenters. The van der Waals surface area contributed by atoms with Crippen LogP contribution in [0.4, 0.5) is 5.69 Å². The number of rotatable bonds is 3. The van der Waals surface area contributed by atoms with E-state index >= 15 is 0 Å². The van der Waals surface area contributed by atoms with E-state index in [2.05, 4.69) is 10.3 Å². The van der Waals surface area contributed by atoms with Crippen LogP contribution in [-0.2, 0) is 0 Å². The van der Waals surface area contributed by atoms with Crippen LogP contribution in [0.5, 0.6) is 0 Å². The second-order valence-electron chi connectivity index (χ2n) is 5.52. The molecule has 2 heterocycles. The van der Waals surface area contributed by atoms with Crippen molar-refractivity contribution in [2.75, 3.05) is 32.1 Å². The minimum atomic E-state index is 0.0846. The van der Waals surface area contributed by atoms with Gasteiger partial charge >= 0.3 is 0 Å². The largest absolute Gasteiger partial charge is 0.378 e. The zero-order valence-corrected chi connectivity index (χ0v) is 12.3. The normalized spacial score (nSPS) is 18.0. The highest BCUT2D eigenvalue weighted by atomic mass is 16.2. The maximum absolute atomic E-state index is 12.6. The number of benzene rings is 1. The van der Waals surface area contributed by atoms with Crippen molar-refractivity contribution in [2.24, 2.45) is 0 Å². The molecule has 0 bridgehead atoms. The van der Waals surface area contributed by atoms with Gasteiger partial charge in [0.25, 0.3) is 5.91 Å². The van der Waals surface area contributed by atoms with Gasteiger partial charge in [-0.2, -0.15) is 0 Å². The summed E-state index contributed by atoms with van der Waals surface area (Å²) in [6, 6.07) is 7.96. The summed E-state index contributed by atoms with van der Waals surface area (Å²) in [4.78, 5) is 16.5. The van der Waals surface area contributed by atoms with E-state index < -0.39 is 0 Å². The monoisotopic (exact) mass is 285 g/mol. The molecular weight excluding hydrogens is 266 g/mol. The summed E-state index contributed by atoms with van der Waals surface area (Å²) in [5, 5.41) is 7.85. The van der Waals surface area contributed by atoms with Gasteiger partial charge in [-0.1, -0.05) is 11.3 Å². The van der Waals surface area contributed by atoms with Gasteiger partial charge in [0.15, 0.2) is 0 Å². The second kappa shape index (κ2) is 5.55. The number of hydrogen-bond donors (Lipinski definition) is 0. The third-order valence-electron chi connectivity index (χ3n) is 3.88. The Kier molecular flexibility index (Phi) is 3.60. The molecule has 1 fully saturated rings. The molecule has 6 nitrogen and oxygen atoms in total. The molecule has 1 aromatic heterocycles. The minimum Gasteiger partial charge on any atom is -0.378 e. The Bertz CT molecular complexity index is 623. The van der Waals surface area contributed by atoms with E-state index in [1.807, 2.05) is 59.0 Å². The van der Waals surface area contributed by atoms with Crippen LogP contribution in [0.25, 0.3) is 0 Å². The lowest BCUT2D eigenvalue weighted by atomic mass is 10.1. The third-order valence-corrected chi connectivity index (χ3v) is 3.88. The highest BCUT2D eigenvalue weighted by Gasteiger charge is 2.28. The Morgan fingerprint density at radius 2 is 2.24 bits per heavy atom. The Morgan fingerprint density at radius 1 is 1.38 bits per heavy atom. The van der Waals surface area contributed by atoms with Gasteiger partial charge in [-0.3, -0.25) is 4.79 Å². The Balaban J connectivity index is 1.73. The first-order chi connectivity index (χ1) is 10.1. The SMILES string of the molecule is CN(C)c1cccc(C(=O)N2CC[C@@H](n3ccnn3)C2)c1. The van der Waals surface area contributed by atoms with E-state index in [1.165, 1.54) is 0 Å². The van der Waals surface area contributed by atoms with Crippen LogP contribution >= 0.6 is 0 Å². The van der Waals surface area contributed by atoms with Crippen molar-refractivity contribution in [1.29, 1.82) is 0 Å². The molecule has 6 heteroatoms. The van der Waals surface area contributed by atoms with Crippen molar-refractivity contribution in [1.82, 2.24) is 19.9 Å². The van der Waals surface area contributed by atoms with E-state index in [9.17, 15) is 4.79 Å². The predicted molar refractivity (Wildman–Crippen MR) is 80.3 cm³/mol. The number of hydrogen-bond acceptors (Lipinski definition) is 4. The van der Waals surface area contributed by atoms with Crippen LogP contribution in [0, 0.1) is 0 Å². The van der Waals surface area contributed by atoms with Crippen LogP contribution in [0.3, 0.4) is 0 Å². The van der Waals surface area contributed by atoms with Gasteiger partial charge in [0.05, 0.1) is 12.2 Å². The molecule has 1 amide bonds. The molecule has 0 aliphatic carbocycles. The summed E-state index contributed by atoms with van der Waals surface area (Å²) in [5.74, 6) is 0.0846. The van der Waals surface area contributed by atoms with Gasteiger partial charge in [0.1, 0.15) is 0 Å². The predicted octanol–water partition coefficient (Wildman–Crippen LogP) is 1.43. The third kappa shape index (κ3) is 2.74. The Hall–Kier alpha value is -2.37. The topological polar surface area (TPSA) is 54.3 Å². The van der Waals surface area contributed by atoms with Crippen LogP contribution in [0.2, 0.25) is 0 Å². The number of nitrogens with zero attached hydrogens (tertiary/aromatic N) is 5. The molecule has 110 valence electrons. The molecule has 0 spiro atoms. The fourth-order valence-electron chi connectivity index (χ4n) is 2.65. The molecule has 3 rings (SSSR count). The number of carbonyl (C=O) groups excluding carboxylic acids is 1. The molecular formula is C15H19N5O. The summed E-state index contributed by atoms with van der Waals surface area (Å²) in [7, 11) is 3.94. The molecule has 0 unspecified atom stereocenters. The maximum atomic E-state index is 12.6. The number of anilines is 1. The van der Waals surface area contributed by atoms with Gasteiger partial charge in [-0.25, -0.2) is 4.68 Å². The van der Waals surface area contributed by atoms with E-state index in [-0.39, 0.29) is 11.9 Å². The molecule has 0 saturated carbocycles. The van der Waals surface area contributed by atoms with Crippen LogP contribution in [-0.4, -0.2) is 53.0 Å². The minimum absolute atomic E-state index is 0.0846. The van der Waals surface area contributed by atoms with Crippen molar-refractivity contribution < 1.29 is 4.79 Å². The number of aromatic nitrogens is 3. The fourth-order valence-corrected chi connectivity index (χ4v) is 2.65. The lowest BCUT2D eigenvalue weighted by Crippen LogP contribution is -2.29. The molecule has 1 aromatic carbocycles. The molecule has 1 saturated heterocycles. The van der Waals surface area contributed by atoms with Crippen molar-refractivity contribution >= 4 is 11.6 Å². The van der Waals surface area contributed by atoms with Crippen molar-refractivity contribution in [3.05, 3.63) is 42.2 Å². The lowest BCUT2D eigenvalue weighted by Gasteiger charge is -2.18. The highest BCUT2D eigenvalue weighted by Crippen LogP contribution is 2.23. The molecule has 1 aliphatic heterocycles. The van der Waals surface area contributed by atoms with Gasteiger partial charge in [0.2, 0.25) is 0 Å². The molecule has 21 heavy (non-hydrogen) atoms. The van der Waals surface area contributed by atoms with Crippen LogP contribution < -0.4 is 4.90 Å². The van der Waals surface area contributed by atoms with Gasteiger partial charge < -0.3 is 9.80 Å². The quantitative estimate of drug-likeness (QED) is 0.856. The van der Waals surface area contributed by atoms with Crippen LogP contribution in [0.15, 0.2) is 36.7 Å². The Labute approximate surface area is 124 Å². The smallest absolute Gasteiger partial charge is 0.254 e. The van der Waals surface area contributed by atoms with E-state index in [1.54, 1.807) is 6.20 Å². The zero-order valence-electron chi connectivity index (χ0n) is 12.3. The van der Waals surface area contributed by atoms with E-state index in [0.717, 1.165) is 24.2 Å². The first-order valence-corrected chi connectivity index (χ1v) is 7.07.